The second-order valence-corrected chi connectivity index (χ2v) is 10.2. The van der Waals surface area contributed by atoms with E-state index in [1.54, 1.807) is 0 Å². The molecule has 3 N–H and O–H groups in total. The highest BCUT2D eigenvalue weighted by atomic mass is 19.4. The molecule has 2 unspecified atom stereocenters. The third-order valence-electron chi connectivity index (χ3n) is 7.00. The Kier molecular flexibility index (Phi) is 9.05. The maximum atomic E-state index is 14.8. The van der Waals surface area contributed by atoms with Crippen LogP contribution in [0.2, 0.25) is 0 Å². The number of ether oxygens (including phenoxy) is 1. The number of methoxy groups -OCH3 is 1. The number of carbonyl (C=O) groups is 3. The molecule has 0 aromatic carbocycles. The molecule has 0 aliphatic carbocycles. The molecular weight excluding hydrogens is 668 g/mol. The van der Waals surface area contributed by atoms with Crippen molar-refractivity contribution < 1.29 is 68.1 Å². The molecule has 1 saturated heterocycles. The van der Waals surface area contributed by atoms with Gasteiger partial charge in [-0.1, -0.05) is 0 Å². The van der Waals surface area contributed by atoms with Crippen LogP contribution in [-0.4, -0.2) is 97.7 Å². The van der Waals surface area contributed by atoms with Crippen molar-refractivity contribution in [1.82, 2.24) is 29.8 Å². The summed E-state index contributed by atoms with van der Waals surface area (Å²) in [5.41, 5.74) is -8.37. The first-order valence-electron chi connectivity index (χ1n) is 12.9. The molecule has 0 saturated carbocycles. The van der Waals surface area contributed by atoms with Gasteiger partial charge in [0.15, 0.2) is 5.82 Å². The van der Waals surface area contributed by atoms with Crippen LogP contribution in [0, 0.1) is 0 Å². The highest BCUT2D eigenvalue weighted by Crippen LogP contribution is 2.46. The Morgan fingerprint density at radius 1 is 1.02 bits per heavy atom. The molecule has 22 heteroatoms. The average molecular weight is 689 g/mol. The molecule has 0 bridgehead atoms. The maximum Gasteiger partial charge on any atom is 0.426 e. The summed E-state index contributed by atoms with van der Waals surface area (Å²) in [7, 11) is 1.05. The summed E-state index contributed by atoms with van der Waals surface area (Å²) in [4.78, 5) is 44.9. The average Bonchev–Trinajstić information content (AvgIpc) is 3.52. The number of amides is 3. The predicted octanol–water partition coefficient (Wildman–Crippen LogP) is 3.30. The van der Waals surface area contributed by atoms with E-state index in [1.807, 2.05) is 0 Å². The van der Waals surface area contributed by atoms with Crippen molar-refractivity contribution >= 4 is 29.1 Å². The third-order valence-corrected chi connectivity index (χ3v) is 7.00. The number of rotatable bonds is 7. The number of fused-ring (bicyclic) bond motifs is 1. The fourth-order valence-corrected chi connectivity index (χ4v) is 4.68. The van der Waals surface area contributed by atoms with Gasteiger partial charge < -0.3 is 25.4 Å². The highest BCUT2D eigenvalue weighted by molar-refractivity contribution is 5.98. The lowest BCUT2D eigenvalue weighted by Gasteiger charge is -2.32. The van der Waals surface area contributed by atoms with E-state index in [4.69, 9.17) is 4.74 Å². The summed E-state index contributed by atoms with van der Waals surface area (Å²) in [6.45, 7) is -0.924. The number of aromatic nitrogens is 4. The van der Waals surface area contributed by atoms with E-state index in [9.17, 15) is 63.4 Å². The Balaban J connectivity index is 1.64. The van der Waals surface area contributed by atoms with Crippen LogP contribution in [0.1, 0.15) is 29.3 Å². The Hall–Kier alpha value is -4.76. The molecule has 3 aromatic heterocycles. The lowest BCUT2D eigenvalue weighted by molar-refractivity contribution is -0.367. The number of pyridine rings is 1. The molecule has 12 nitrogen and oxygen atoms in total. The molecule has 1 aliphatic heterocycles. The number of alkyl halides is 10. The van der Waals surface area contributed by atoms with Crippen molar-refractivity contribution in [3.63, 3.8) is 0 Å². The highest BCUT2D eigenvalue weighted by Gasteiger charge is 2.71. The molecular formula is C25H21F10N7O5. The van der Waals surface area contributed by atoms with Crippen LogP contribution in [-0.2, 0) is 15.8 Å². The van der Waals surface area contributed by atoms with Crippen LogP contribution in [0.25, 0.3) is 16.8 Å². The van der Waals surface area contributed by atoms with Crippen molar-refractivity contribution in [2.24, 2.45) is 0 Å². The fourth-order valence-electron chi connectivity index (χ4n) is 4.68. The normalized spacial score (nSPS) is 17.6. The van der Waals surface area contributed by atoms with Crippen molar-refractivity contribution in [2.45, 2.75) is 49.7 Å². The van der Waals surface area contributed by atoms with Gasteiger partial charge in [0.1, 0.15) is 23.6 Å². The van der Waals surface area contributed by atoms with E-state index < -0.39 is 102 Å². The number of hydrogen-bond donors (Lipinski definition) is 3. The number of likely N-dealkylation sites (tertiary alicyclic amines) is 1. The zero-order valence-electron chi connectivity index (χ0n) is 23.7. The topological polar surface area (TPSA) is 151 Å². The van der Waals surface area contributed by atoms with E-state index >= 15 is 0 Å². The first-order chi connectivity index (χ1) is 21.6. The Morgan fingerprint density at radius 2 is 1.66 bits per heavy atom. The van der Waals surface area contributed by atoms with Crippen LogP contribution in [0.4, 0.5) is 49.7 Å². The predicted molar refractivity (Wildman–Crippen MR) is 136 cm³/mol. The Labute approximate surface area is 255 Å². The summed E-state index contributed by atoms with van der Waals surface area (Å²) in [5.74, 6) is -4.79. The number of anilines is 1. The molecule has 4 heterocycles. The van der Waals surface area contributed by atoms with Gasteiger partial charge in [-0.3, -0.25) is 14.4 Å². The zero-order chi connectivity index (χ0) is 35.3. The zero-order valence-corrected chi connectivity index (χ0v) is 23.7. The molecule has 3 aromatic rings. The van der Waals surface area contributed by atoms with Crippen molar-refractivity contribution in [3.05, 3.63) is 35.8 Å². The first kappa shape index (κ1) is 35.1. The minimum Gasteiger partial charge on any atom is -0.480 e. The van der Waals surface area contributed by atoms with Gasteiger partial charge in [-0.25, -0.2) is 18.9 Å². The largest absolute Gasteiger partial charge is 0.480 e. The Morgan fingerprint density at radius 3 is 2.21 bits per heavy atom. The summed E-state index contributed by atoms with van der Waals surface area (Å²) in [5, 5.41) is 17.4. The molecule has 2 atom stereocenters. The van der Waals surface area contributed by atoms with E-state index in [2.05, 4.69) is 25.7 Å². The molecule has 0 radical (unpaired) electrons. The smallest absolute Gasteiger partial charge is 0.426 e. The van der Waals surface area contributed by atoms with Gasteiger partial charge in [0.05, 0.1) is 37.4 Å². The van der Waals surface area contributed by atoms with Crippen LogP contribution in [0.15, 0.2) is 24.7 Å². The van der Waals surface area contributed by atoms with Crippen LogP contribution in [0.5, 0.6) is 5.88 Å². The van der Waals surface area contributed by atoms with Crippen molar-refractivity contribution in [3.8, 4) is 17.1 Å². The number of halogens is 10. The third kappa shape index (κ3) is 6.72. The minimum absolute atomic E-state index is 0.187. The SMILES string of the molecule is COc1ncc(-c2cc(C(F)(F)F)c3c(NC(C)=O)ncnn23)cc1C(=O)NC1CN(C(=O)CC(O)(C(F)(F)F)C(F)(F)F)CC1F. The quantitative estimate of drug-likeness (QED) is 0.320. The van der Waals surface area contributed by atoms with Gasteiger partial charge in [0, 0.05) is 25.2 Å². The Bertz CT molecular complexity index is 1690. The van der Waals surface area contributed by atoms with Crippen LogP contribution < -0.4 is 15.4 Å². The number of nitrogens with one attached hydrogen (secondary N) is 2. The molecule has 47 heavy (non-hydrogen) atoms. The van der Waals surface area contributed by atoms with Crippen LogP contribution in [0.3, 0.4) is 0 Å². The fraction of sp³-hybridized carbons (Fsp3) is 0.440. The number of nitrogens with zero attached hydrogens (tertiary/aromatic N) is 5. The molecule has 1 aliphatic rings. The van der Waals surface area contributed by atoms with E-state index in [0.29, 0.717) is 6.07 Å². The second kappa shape index (κ2) is 12.1. The molecule has 0 spiro atoms. The molecule has 4 rings (SSSR count). The molecule has 256 valence electrons. The van der Waals surface area contributed by atoms with Gasteiger partial charge in [-0.15, -0.1) is 0 Å². The summed E-state index contributed by atoms with van der Waals surface area (Å²) >= 11 is 0. The van der Waals surface area contributed by atoms with Gasteiger partial charge >= 0.3 is 18.5 Å². The molecule has 1 fully saturated rings. The van der Waals surface area contributed by atoms with Gasteiger partial charge in [0.2, 0.25) is 17.7 Å². The minimum atomic E-state index is -6.30. The number of carbonyl (C=O) groups excluding carboxylic acids is 3. The lowest BCUT2D eigenvalue weighted by Crippen LogP contribution is -2.59. The van der Waals surface area contributed by atoms with E-state index in [-0.39, 0.29) is 16.2 Å². The van der Waals surface area contributed by atoms with Gasteiger partial charge in [-0.05, 0) is 12.1 Å². The summed E-state index contributed by atoms with van der Waals surface area (Å²) < 4.78 is 141. The van der Waals surface area contributed by atoms with E-state index in [0.717, 1.165) is 37.1 Å². The van der Waals surface area contributed by atoms with E-state index in [1.165, 1.54) is 0 Å². The summed E-state index contributed by atoms with van der Waals surface area (Å²) in [6.07, 6.45) is -20.5. The van der Waals surface area contributed by atoms with Gasteiger partial charge in [-0.2, -0.15) is 44.6 Å². The standard InChI is InChI=1S/C25H21F10N7O5/c1-10(43)39-19-18-13(23(27,28)29)4-16(42(18)38-9-37-19)11-3-12(21(47-2)36-6-11)20(45)40-15-8-41(7-14(15)26)17(44)5-22(46,24(30,31)32)25(33,34)35/h3-4,6,9,14-15,46H,5,7-8H2,1-2H3,(H,40,45)(H,37,38,39,43). The summed E-state index contributed by atoms with van der Waals surface area (Å²) in [6, 6.07) is -0.0911. The van der Waals surface area contributed by atoms with Crippen molar-refractivity contribution in [2.75, 3.05) is 25.5 Å². The maximum absolute atomic E-state index is 14.8. The number of hydrogen-bond acceptors (Lipinski definition) is 8. The lowest BCUT2D eigenvalue weighted by atomic mass is 9.97. The second-order valence-electron chi connectivity index (χ2n) is 10.2. The monoisotopic (exact) mass is 689 g/mol. The van der Waals surface area contributed by atoms with Crippen molar-refractivity contribution in [1.29, 1.82) is 0 Å². The van der Waals surface area contributed by atoms with Crippen LogP contribution >= 0.6 is 0 Å². The first-order valence-corrected chi connectivity index (χ1v) is 12.9. The molecule has 3 amide bonds. The van der Waals surface area contributed by atoms with Gasteiger partial charge in [0.25, 0.3) is 11.5 Å². The number of aliphatic hydroxyl groups is 1.